The molecule has 1 N–H and O–H groups in total. The van der Waals surface area contributed by atoms with Crippen LogP contribution in [0.4, 0.5) is 10.1 Å². The fraction of sp³-hybridized carbons (Fsp3) is 0.0667. The van der Waals surface area contributed by atoms with E-state index in [0.717, 1.165) is 0 Å². The fourth-order valence-corrected chi connectivity index (χ4v) is 1.59. The first-order valence-electron chi connectivity index (χ1n) is 5.91. The largest absolute Gasteiger partial charge is 0.484 e. The van der Waals surface area contributed by atoms with E-state index in [9.17, 15) is 14.0 Å². The Morgan fingerprint density at radius 3 is 2.75 bits per heavy atom. The standard InChI is InChI=1S/C15H12FNO3/c16-12-4-2-5-13(8-12)17-15(19)10-20-14-6-1-3-11(7-14)9-18/h1-9H,10H2,(H,17,19). The van der Waals surface area contributed by atoms with Gasteiger partial charge >= 0.3 is 0 Å². The van der Waals surface area contributed by atoms with Crippen molar-refractivity contribution in [3.05, 3.63) is 59.9 Å². The van der Waals surface area contributed by atoms with Crippen LogP contribution in [0.25, 0.3) is 0 Å². The van der Waals surface area contributed by atoms with E-state index in [1.807, 2.05) is 0 Å². The van der Waals surface area contributed by atoms with Gasteiger partial charge in [-0.05, 0) is 30.3 Å². The molecule has 20 heavy (non-hydrogen) atoms. The average Bonchev–Trinajstić information content (AvgIpc) is 2.45. The Balaban J connectivity index is 1.90. The van der Waals surface area contributed by atoms with Gasteiger partial charge in [0.2, 0.25) is 0 Å². The predicted molar refractivity (Wildman–Crippen MR) is 72.4 cm³/mol. The Labute approximate surface area is 115 Å². The molecule has 0 saturated carbocycles. The Kier molecular flexibility index (Phi) is 4.44. The molecule has 0 radical (unpaired) electrons. The van der Waals surface area contributed by atoms with E-state index in [1.165, 1.54) is 24.3 Å². The quantitative estimate of drug-likeness (QED) is 0.852. The summed E-state index contributed by atoms with van der Waals surface area (Å²) in [5.41, 5.74) is 0.827. The lowest BCUT2D eigenvalue weighted by Gasteiger charge is -2.07. The first-order valence-corrected chi connectivity index (χ1v) is 5.91. The molecule has 2 rings (SSSR count). The highest BCUT2D eigenvalue weighted by atomic mass is 19.1. The molecule has 0 bridgehead atoms. The Morgan fingerprint density at radius 1 is 1.20 bits per heavy atom. The number of hydrogen-bond donors (Lipinski definition) is 1. The van der Waals surface area contributed by atoms with Crippen LogP contribution in [0, 0.1) is 5.82 Å². The minimum Gasteiger partial charge on any atom is -0.484 e. The fourth-order valence-electron chi connectivity index (χ4n) is 1.59. The zero-order chi connectivity index (χ0) is 14.4. The first kappa shape index (κ1) is 13.7. The molecule has 0 heterocycles. The van der Waals surface area contributed by atoms with Crippen LogP contribution in [-0.2, 0) is 4.79 Å². The molecule has 2 aromatic carbocycles. The van der Waals surface area contributed by atoms with E-state index in [2.05, 4.69) is 5.32 Å². The van der Waals surface area contributed by atoms with Gasteiger partial charge in [-0.1, -0.05) is 18.2 Å². The van der Waals surface area contributed by atoms with Crippen LogP contribution in [0.1, 0.15) is 10.4 Å². The van der Waals surface area contributed by atoms with Gasteiger partial charge in [-0.25, -0.2) is 4.39 Å². The van der Waals surface area contributed by atoms with Crippen molar-refractivity contribution in [1.82, 2.24) is 0 Å². The zero-order valence-electron chi connectivity index (χ0n) is 10.5. The highest BCUT2D eigenvalue weighted by molar-refractivity contribution is 5.91. The molecule has 4 nitrogen and oxygen atoms in total. The van der Waals surface area contributed by atoms with Crippen molar-refractivity contribution in [2.24, 2.45) is 0 Å². The lowest BCUT2D eigenvalue weighted by Crippen LogP contribution is -2.20. The molecular formula is C15H12FNO3. The normalized spacial score (nSPS) is 9.85. The summed E-state index contributed by atoms with van der Waals surface area (Å²) in [5.74, 6) is -0.418. The van der Waals surface area contributed by atoms with Crippen LogP contribution in [0.5, 0.6) is 5.75 Å². The summed E-state index contributed by atoms with van der Waals surface area (Å²) >= 11 is 0. The van der Waals surface area contributed by atoms with Crippen LogP contribution in [0.2, 0.25) is 0 Å². The minimum atomic E-state index is -0.428. The molecule has 0 aromatic heterocycles. The highest BCUT2D eigenvalue weighted by Gasteiger charge is 2.04. The molecule has 0 atom stereocenters. The van der Waals surface area contributed by atoms with Gasteiger partial charge in [-0.3, -0.25) is 9.59 Å². The number of halogens is 1. The summed E-state index contributed by atoms with van der Waals surface area (Å²) in [6.45, 7) is -0.223. The third-order valence-electron chi connectivity index (χ3n) is 2.47. The summed E-state index contributed by atoms with van der Waals surface area (Å²) in [6, 6.07) is 12.0. The van der Waals surface area contributed by atoms with Crippen molar-refractivity contribution >= 4 is 17.9 Å². The number of ether oxygens (including phenoxy) is 1. The average molecular weight is 273 g/mol. The molecule has 102 valence electrons. The van der Waals surface area contributed by atoms with Gasteiger partial charge < -0.3 is 10.1 Å². The molecule has 1 amide bonds. The van der Waals surface area contributed by atoms with Gasteiger partial charge in [0.05, 0.1) is 0 Å². The van der Waals surface area contributed by atoms with Crippen molar-refractivity contribution in [3.8, 4) is 5.75 Å². The number of anilines is 1. The smallest absolute Gasteiger partial charge is 0.262 e. The van der Waals surface area contributed by atoms with Crippen LogP contribution < -0.4 is 10.1 Å². The van der Waals surface area contributed by atoms with Crippen LogP contribution in [0.3, 0.4) is 0 Å². The minimum absolute atomic E-state index is 0.223. The van der Waals surface area contributed by atoms with E-state index in [4.69, 9.17) is 4.74 Å². The molecule has 0 spiro atoms. The topological polar surface area (TPSA) is 55.4 Å². The van der Waals surface area contributed by atoms with E-state index in [0.29, 0.717) is 23.3 Å². The SMILES string of the molecule is O=Cc1cccc(OCC(=O)Nc2cccc(F)c2)c1. The molecular weight excluding hydrogens is 261 g/mol. The molecule has 5 heteroatoms. The molecule has 0 unspecified atom stereocenters. The Morgan fingerprint density at radius 2 is 2.00 bits per heavy atom. The summed E-state index contributed by atoms with van der Waals surface area (Å²) in [4.78, 5) is 22.2. The van der Waals surface area contributed by atoms with E-state index in [1.54, 1.807) is 24.3 Å². The molecule has 0 aliphatic carbocycles. The number of carbonyl (C=O) groups is 2. The van der Waals surface area contributed by atoms with Crippen LogP contribution in [0.15, 0.2) is 48.5 Å². The second-order valence-corrected chi connectivity index (χ2v) is 4.04. The number of rotatable bonds is 5. The second-order valence-electron chi connectivity index (χ2n) is 4.04. The lowest BCUT2D eigenvalue weighted by atomic mass is 10.2. The Bertz CT molecular complexity index is 628. The summed E-state index contributed by atoms with van der Waals surface area (Å²) in [7, 11) is 0. The summed E-state index contributed by atoms with van der Waals surface area (Å²) < 4.78 is 18.2. The summed E-state index contributed by atoms with van der Waals surface area (Å²) in [5, 5.41) is 2.51. The van der Waals surface area contributed by atoms with Gasteiger partial charge in [0, 0.05) is 11.3 Å². The van der Waals surface area contributed by atoms with Gasteiger partial charge in [0.25, 0.3) is 5.91 Å². The van der Waals surface area contributed by atoms with Crippen molar-refractivity contribution in [1.29, 1.82) is 0 Å². The highest BCUT2D eigenvalue weighted by Crippen LogP contribution is 2.12. The summed E-state index contributed by atoms with van der Waals surface area (Å²) in [6.07, 6.45) is 0.694. The van der Waals surface area contributed by atoms with Gasteiger partial charge in [0.15, 0.2) is 6.61 Å². The maximum atomic E-state index is 12.9. The lowest BCUT2D eigenvalue weighted by molar-refractivity contribution is -0.118. The number of carbonyl (C=O) groups excluding carboxylic acids is 2. The molecule has 0 saturated heterocycles. The van der Waals surface area contributed by atoms with Gasteiger partial charge in [-0.2, -0.15) is 0 Å². The maximum Gasteiger partial charge on any atom is 0.262 e. The van der Waals surface area contributed by atoms with Gasteiger partial charge in [-0.15, -0.1) is 0 Å². The van der Waals surface area contributed by atoms with Crippen LogP contribution >= 0.6 is 0 Å². The number of benzene rings is 2. The molecule has 0 aliphatic rings. The van der Waals surface area contributed by atoms with Gasteiger partial charge in [0.1, 0.15) is 17.9 Å². The van der Waals surface area contributed by atoms with E-state index in [-0.39, 0.29) is 6.61 Å². The number of amides is 1. The Hall–Kier alpha value is -2.69. The second kappa shape index (κ2) is 6.47. The number of hydrogen-bond acceptors (Lipinski definition) is 3. The van der Waals surface area contributed by atoms with Crippen molar-refractivity contribution in [3.63, 3.8) is 0 Å². The first-order chi connectivity index (χ1) is 9.67. The van der Waals surface area contributed by atoms with Crippen molar-refractivity contribution in [2.75, 3.05) is 11.9 Å². The van der Waals surface area contributed by atoms with Crippen LogP contribution in [-0.4, -0.2) is 18.8 Å². The van der Waals surface area contributed by atoms with Crippen molar-refractivity contribution in [2.45, 2.75) is 0 Å². The molecule has 0 aliphatic heterocycles. The molecule has 2 aromatic rings. The third kappa shape index (κ3) is 3.91. The van der Waals surface area contributed by atoms with E-state index < -0.39 is 11.7 Å². The monoisotopic (exact) mass is 273 g/mol. The maximum absolute atomic E-state index is 12.9. The van der Waals surface area contributed by atoms with E-state index >= 15 is 0 Å². The zero-order valence-corrected chi connectivity index (χ0v) is 10.5. The predicted octanol–water partition coefficient (Wildman–Crippen LogP) is 2.66. The molecule has 0 fully saturated rings. The number of nitrogens with one attached hydrogen (secondary N) is 1. The number of aldehydes is 1. The van der Waals surface area contributed by atoms with Crippen molar-refractivity contribution < 1.29 is 18.7 Å². The third-order valence-corrected chi connectivity index (χ3v) is 2.47.